The Morgan fingerprint density at radius 1 is 1.17 bits per heavy atom. The Bertz CT molecular complexity index is 1030. The molecule has 4 rings (SSSR count). The van der Waals surface area contributed by atoms with Gasteiger partial charge in [-0.1, -0.05) is 24.3 Å². The van der Waals surface area contributed by atoms with E-state index in [1.165, 1.54) is 6.33 Å². The van der Waals surface area contributed by atoms with Gasteiger partial charge in [0.05, 0.1) is 18.7 Å². The maximum Gasteiger partial charge on any atom is 0.224 e. The maximum atomic E-state index is 12.3. The highest BCUT2D eigenvalue weighted by Gasteiger charge is 2.11. The zero-order chi connectivity index (χ0) is 16.5. The third-order valence-corrected chi connectivity index (χ3v) is 4.18. The summed E-state index contributed by atoms with van der Waals surface area (Å²) in [6, 6.07) is 13.8. The zero-order valence-corrected chi connectivity index (χ0v) is 13.3. The van der Waals surface area contributed by atoms with Gasteiger partial charge in [0.15, 0.2) is 5.65 Å². The molecular weight excluding hydrogens is 302 g/mol. The summed E-state index contributed by atoms with van der Waals surface area (Å²) in [7, 11) is 2.00. The molecule has 0 saturated carbocycles. The average Bonchev–Trinajstić information content (AvgIpc) is 3.19. The molecule has 0 atom stereocenters. The molecule has 0 aliphatic heterocycles. The highest BCUT2D eigenvalue weighted by Crippen LogP contribution is 2.20. The molecule has 3 aromatic heterocycles. The van der Waals surface area contributed by atoms with Crippen LogP contribution in [0.15, 0.2) is 55.0 Å². The van der Waals surface area contributed by atoms with E-state index in [0.717, 1.165) is 27.8 Å². The number of aryl methyl sites for hydroxylation is 1. The number of carbonyl (C=O) groups excluding carboxylic acids is 1. The molecule has 0 aliphatic carbocycles. The van der Waals surface area contributed by atoms with Crippen molar-refractivity contribution in [3.8, 4) is 0 Å². The number of hydrogen-bond donors (Lipinski definition) is 1. The van der Waals surface area contributed by atoms with Crippen LogP contribution in [0.5, 0.6) is 0 Å². The first kappa shape index (κ1) is 14.4. The highest BCUT2D eigenvalue weighted by atomic mass is 16.1. The van der Waals surface area contributed by atoms with Gasteiger partial charge in [-0.2, -0.15) is 5.10 Å². The van der Waals surface area contributed by atoms with Gasteiger partial charge in [0.2, 0.25) is 5.91 Å². The van der Waals surface area contributed by atoms with Crippen LogP contribution in [0, 0.1) is 0 Å². The smallest absolute Gasteiger partial charge is 0.224 e. The number of rotatable bonds is 4. The van der Waals surface area contributed by atoms with Crippen molar-refractivity contribution in [2.45, 2.75) is 13.0 Å². The molecule has 0 radical (unpaired) electrons. The molecule has 1 N–H and O–H groups in total. The number of para-hydroxylation sites is 1. The van der Waals surface area contributed by atoms with E-state index < -0.39 is 0 Å². The van der Waals surface area contributed by atoms with Crippen LogP contribution in [0.2, 0.25) is 0 Å². The Balaban J connectivity index is 1.49. The number of benzene rings is 1. The molecule has 0 bridgehead atoms. The lowest BCUT2D eigenvalue weighted by Gasteiger charge is -2.06. The van der Waals surface area contributed by atoms with Gasteiger partial charge in [-0.15, -0.1) is 0 Å². The van der Waals surface area contributed by atoms with Gasteiger partial charge in [-0.25, -0.2) is 9.50 Å². The Morgan fingerprint density at radius 3 is 2.96 bits per heavy atom. The van der Waals surface area contributed by atoms with E-state index >= 15 is 0 Å². The van der Waals surface area contributed by atoms with Crippen molar-refractivity contribution in [2.75, 3.05) is 0 Å². The molecule has 1 aromatic carbocycles. The number of pyridine rings is 1. The number of fused-ring (bicyclic) bond motifs is 2. The number of nitrogens with zero attached hydrogens (tertiary/aromatic N) is 4. The molecule has 0 fully saturated rings. The third kappa shape index (κ3) is 2.52. The first-order valence-electron chi connectivity index (χ1n) is 7.79. The average molecular weight is 319 g/mol. The van der Waals surface area contributed by atoms with Crippen LogP contribution in [0.25, 0.3) is 16.6 Å². The van der Waals surface area contributed by atoms with Gasteiger partial charge in [-0.05, 0) is 23.8 Å². The van der Waals surface area contributed by atoms with E-state index in [-0.39, 0.29) is 5.91 Å². The van der Waals surface area contributed by atoms with Crippen LogP contribution in [0.4, 0.5) is 0 Å². The first-order valence-corrected chi connectivity index (χ1v) is 7.79. The summed E-state index contributed by atoms with van der Waals surface area (Å²) in [6.07, 6.45) is 3.88. The quantitative estimate of drug-likeness (QED) is 0.626. The Hall–Kier alpha value is -3.15. The standard InChI is InChI=1S/C18H17N5O/c1-22-11-13(15-6-2-3-7-16(15)22)9-18(24)19-10-14-5-4-8-17-20-12-21-23(14)17/h2-8,11-12H,9-10H2,1H3,(H,19,24). The lowest BCUT2D eigenvalue weighted by Crippen LogP contribution is -2.25. The Kier molecular flexibility index (Phi) is 3.49. The van der Waals surface area contributed by atoms with Gasteiger partial charge < -0.3 is 9.88 Å². The molecule has 6 heteroatoms. The van der Waals surface area contributed by atoms with Crippen LogP contribution in [-0.2, 0) is 24.8 Å². The SMILES string of the molecule is Cn1cc(CC(=O)NCc2cccc3ncnn23)c2ccccc21. The molecule has 0 unspecified atom stereocenters. The van der Waals surface area contributed by atoms with Crippen LogP contribution in [0.1, 0.15) is 11.3 Å². The molecule has 120 valence electrons. The normalized spacial score (nSPS) is 11.2. The fraction of sp³-hybridized carbons (Fsp3) is 0.167. The summed E-state index contributed by atoms with van der Waals surface area (Å²) in [5.74, 6) is -0.0107. The predicted molar refractivity (Wildman–Crippen MR) is 91.5 cm³/mol. The van der Waals surface area contributed by atoms with Gasteiger partial charge in [0, 0.05) is 24.1 Å². The second-order valence-corrected chi connectivity index (χ2v) is 5.78. The number of carbonyl (C=O) groups is 1. The Labute approximate surface area is 138 Å². The molecule has 3 heterocycles. The van der Waals surface area contributed by atoms with E-state index in [1.807, 2.05) is 54.2 Å². The van der Waals surface area contributed by atoms with Crippen LogP contribution < -0.4 is 5.32 Å². The Morgan fingerprint density at radius 2 is 2.04 bits per heavy atom. The number of nitrogens with one attached hydrogen (secondary N) is 1. The zero-order valence-electron chi connectivity index (χ0n) is 13.3. The number of aromatic nitrogens is 4. The van der Waals surface area contributed by atoms with Crippen LogP contribution in [-0.4, -0.2) is 25.1 Å². The van der Waals surface area contributed by atoms with Crippen molar-refractivity contribution >= 4 is 22.5 Å². The summed E-state index contributed by atoms with van der Waals surface area (Å²) in [6.45, 7) is 0.421. The molecule has 0 saturated heterocycles. The van der Waals surface area contributed by atoms with Gasteiger partial charge in [-0.3, -0.25) is 4.79 Å². The van der Waals surface area contributed by atoms with E-state index in [2.05, 4.69) is 21.5 Å². The van der Waals surface area contributed by atoms with Crippen molar-refractivity contribution in [1.29, 1.82) is 0 Å². The molecule has 6 nitrogen and oxygen atoms in total. The number of amides is 1. The van der Waals surface area contributed by atoms with Crippen LogP contribution >= 0.6 is 0 Å². The summed E-state index contributed by atoms with van der Waals surface area (Å²) < 4.78 is 3.78. The second kappa shape index (κ2) is 5.81. The molecule has 1 amide bonds. The predicted octanol–water partition coefficient (Wildman–Crippen LogP) is 2.08. The minimum Gasteiger partial charge on any atom is -0.350 e. The molecular formula is C18H17N5O. The monoisotopic (exact) mass is 319 g/mol. The lowest BCUT2D eigenvalue weighted by molar-refractivity contribution is -0.120. The summed E-state index contributed by atoms with van der Waals surface area (Å²) in [5, 5.41) is 8.26. The first-order chi connectivity index (χ1) is 11.7. The largest absolute Gasteiger partial charge is 0.350 e. The van der Waals surface area contributed by atoms with E-state index in [1.54, 1.807) is 4.52 Å². The van der Waals surface area contributed by atoms with E-state index in [9.17, 15) is 4.79 Å². The molecule has 4 aromatic rings. The van der Waals surface area contributed by atoms with Crippen molar-refractivity contribution in [2.24, 2.45) is 7.05 Å². The minimum atomic E-state index is -0.0107. The number of hydrogen-bond acceptors (Lipinski definition) is 3. The van der Waals surface area contributed by atoms with Gasteiger partial charge >= 0.3 is 0 Å². The second-order valence-electron chi connectivity index (χ2n) is 5.78. The van der Waals surface area contributed by atoms with Gasteiger partial charge in [0.1, 0.15) is 6.33 Å². The highest BCUT2D eigenvalue weighted by molar-refractivity contribution is 5.89. The van der Waals surface area contributed by atoms with E-state index in [4.69, 9.17) is 0 Å². The lowest BCUT2D eigenvalue weighted by atomic mass is 10.1. The minimum absolute atomic E-state index is 0.0107. The van der Waals surface area contributed by atoms with Gasteiger partial charge in [0.25, 0.3) is 0 Å². The fourth-order valence-electron chi connectivity index (χ4n) is 3.03. The molecule has 0 aliphatic rings. The fourth-order valence-corrected chi connectivity index (χ4v) is 3.03. The molecule has 24 heavy (non-hydrogen) atoms. The van der Waals surface area contributed by atoms with Crippen molar-refractivity contribution in [3.63, 3.8) is 0 Å². The summed E-state index contributed by atoms with van der Waals surface area (Å²) in [4.78, 5) is 16.5. The summed E-state index contributed by atoms with van der Waals surface area (Å²) in [5.41, 5.74) is 3.84. The van der Waals surface area contributed by atoms with E-state index in [0.29, 0.717) is 13.0 Å². The van der Waals surface area contributed by atoms with Crippen LogP contribution in [0.3, 0.4) is 0 Å². The molecule has 0 spiro atoms. The van der Waals surface area contributed by atoms with Crippen molar-refractivity contribution < 1.29 is 4.79 Å². The topological polar surface area (TPSA) is 64.2 Å². The maximum absolute atomic E-state index is 12.3. The third-order valence-electron chi connectivity index (χ3n) is 4.18. The van der Waals surface area contributed by atoms with Crippen molar-refractivity contribution in [3.05, 3.63) is 66.2 Å². The summed E-state index contributed by atoms with van der Waals surface area (Å²) >= 11 is 0. The van der Waals surface area contributed by atoms with Crippen molar-refractivity contribution in [1.82, 2.24) is 24.5 Å².